The molecule has 3 aliphatic rings. The van der Waals surface area contributed by atoms with E-state index in [1.54, 1.807) is 16.9 Å². The molecule has 3 heterocycles. The average Bonchev–Trinajstić information content (AvgIpc) is 2.80. The number of nitrogens with zero attached hydrogens (tertiary/aromatic N) is 2. The van der Waals surface area contributed by atoms with E-state index in [2.05, 4.69) is 5.32 Å². The van der Waals surface area contributed by atoms with Crippen LogP contribution >= 0.6 is 0 Å². The van der Waals surface area contributed by atoms with Gasteiger partial charge in [-0.3, -0.25) is 9.59 Å². The van der Waals surface area contributed by atoms with Crippen molar-refractivity contribution in [3.8, 4) is 0 Å². The van der Waals surface area contributed by atoms with Gasteiger partial charge in [-0.2, -0.15) is 0 Å². The minimum atomic E-state index is -0.303. The second-order valence-corrected chi connectivity index (χ2v) is 4.85. The molecular formula is C11H17N3O3. The number of carbonyl (C=O) groups excluding carboxylic acids is 2. The quantitative estimate of drug-likeness (QED) is 0.600. The van der Waals surface area contributed by atoms with E-state index in [9.17, 15) is 9.59 Å². The van der Waals surface area contributed by atoms with Crippen LogP contribution in [0.25, 0.3) is 0 Å². The molecule has 3 aliphatic heterocycles. The highest BCUT2D eigenvalue weighted by Crippen LogP contribution is 2.28. The van der Waals surface area contributed by atoms with Gasteiger partial charge in [0.25, 0.3) is 0 Å². The van der Waals surface area contributed by atoms with Crippen molar-refractivity contribution in [2.24, 2.45) is 0 Å². The van der Waals surface area contributed by atoms with Crippen molar-refractivity contribution < 1.29 is 14.3 Å². The van der Waals surface area contributed by atoms with Gasteiger partial charge >= 0.3 is 0 Å². The van der Waals surface area contributed by atoms with Crippen LogP contribution in [0.15, 0.2) is 0 Å². The Morgan fingerprint density at radius 2 is 2.00 bits per heavy atom. The monoisotopic (exact) mass is 239 g/mol. The summed E-state index contributed by atoms with van der Waals surface area (Å²) in [6.07, 6.45) is 0.639. The number of methoxy groups -OCH3 is 1. The van der Waals surface area contributed by atoms with Gasteiger partial charge in [0.1, 0.15) is 12.1 Å². The van der Waals surface area contributed by atoms with Crippen LogP contribution in [-0.4, -0.2) is 73.1 Å². The van der Waals surface area contributed by atoms with Crippen LogP contribution in [0, 0.1) is 0 Å². The molecule has 0 bridgehead atoms. The van der Waals surface area contributed by atoms with Gasteiger partial charge in [-0.05, 0) is 0 Å². The third kappa shape index (κ3) is 1.55. The van der Waals surface area contributed by atoms with Crippen molar-refractivity contribution in [3.63, 3.8) is 0 Å². The molecule has 3 atom stereocenters. The van der Waals surface area contributed by atoms with Crippen molar-refractivity contribution in [2.45, 2.75) is 24.6 Å². The highest BCUT2D eigenvalue weighted by atomic mass is 16.5. The summed E-state index contributed by atoms with van der Waals surface area (Å²) in [5, 5.41) is 3.17. The smallest absolute Gasteiger partial charge is 0.247 e. The molecule has 6 heteroatoms. The summed E-state index contributed by atoms with van der Waals surface area (Å²) in [7, 11) is 1.63. The summed E-state index contributed by atoms with van der Waals surface area (Å²) in [5.41, 5.74) is 0. The summed E-state index contributed by atoms with van der Waals surface area (Å²) in [4.78, 5) is 28.0. The Hall–Kier alpha value is -1.14. The molecule has 3 fully saturated rings. The number of ether oxygens (including phenoxy) is 1. The second-order valence-electron chi connectivity index (χ2n) is 4.85. The fourth-order valence-electron chi connectivity index (χ4n) is 3.02. The molecule has 0 spiro atoms. The zero-order chi connectivity index (χ0) is 12.0. The molecule has 17 heavy (non-hydrogen) atoms. The van der Waals surface area contributed by atoms with E-state index in [0.29, 0.717) is 26.1 Å². The van der Waals surface area contributed by atoms with Gasteiger partial charge in [-0.25, -0.2) is 0 Å². The van der Waals surface area contributed by atoms with Gasteiger partial charge in [-0.1, -0.05) is 0 Å². The largest absolute Gasteiger partial charge is 0.380 e. The molecule has 0 saturated carbocycles. The zero-order valence-corrected chi connectivity index (χ0v) is 9.89. The van der Waals surface area contributed by atoms with Crippen LogP contribution in [0.3, 0.4) is 0 Å². The molecule has 3 rings (SSSR count). The number of hydrogen-bond donors (Lipinski definition) is 1. The molecule has 0 radical (unpaired) electrons. The van der Waals surface area contributed by atoms with E-state index >= 15 is 0 Å². The van der Waals surface area contributed by atoms with Crippen LogP contribution in [0.1, 0.15) is 6.42 Å². The first-order valence-electron chi connectivity index (χ1n) is 6.07. The van der Waals surface area contributed by atoms with Crippen LogP contribution < -0.4 is 5.32 Å². The standard InChI is InChI=1S/C11H17N3O3/c1-17-7-4-8-10(15)13-3-2-12-5-9(13)11(16)14(8)6-7/h7-9,12H,2-6H2,1H3/t7-,8+,9+/m1/s1. The minimum Gasteiger partial charge on any atom is -0.380 e. The molecule has 0 aromatic heterocycles. The Kier molecular flexibility index (Phi) is 2.56. The maximum atomic E-state index is 12.3. The van der Waals surface area contributed by atoms with Crippen molar-refractivity contribution in [1.29, 1.82) is 0 Å². The predicted octanol–water partition coefficient (Wildman–Crippen LogP) is -1.58. The average molecular weight is 239 g/mol. The Bertz CT molecular complexity index is 328. The molecular weight excluding hydrogens is 222 g/mol. The maximum absolute atomic E-state index is 12.3. The number of carbonyl (C=O) groups is 2. The van der Waals surface area contributed by atoms with Gasteiger partial charge in [0.2, 0.25) is 11.8 Å². The fraction of sp³-hybridized carbons (Fsp3) is 0.818. The Labute approximate surface area is 99.9 Å². The lowest BCUT2D eigenvalue weighted by atomic mass is 10.0. The molecule has 3 saturated heterocycles. The van der Waals surface area contributed by atoms with E-state index in [1.807, 2.05) is 0 Å². The van der Waals surface area contributed by atoms with E-state index < -0.39 is 0 Å². The summed E-state index contributed by atoms with van der Waals surface area (Å²) >= 11 is 0. The van der Waals surface area contributed by atoms with Gasteiger partial charge < -0.3 is 19.9 Å². The van der Waals surface area contributed by atoms with Gasteiger partial charge in [0.15, 0.2) is 0 Å². The molecule has 0 aromatic rings. The highest BCUT2D eigenvalue weighted by molar-refractivity contribution is 5.97. The second kappa shape index (κ2) is 3.96. The molecule has 0 aromatic carbocycles. The molecule has 1 N–H and O–H groups in total. The van der Waals surface area contributed by atoms with Crippen molar-refractivity contribution in [3.05, 3.63) is 0 Å². The number of hydrogen-bond acceptors (Lipinski definition) is 4. The van der Waals surface area contributed by atoms with Crippen molar-refractivity contribution >= 4 is 11.8 Å². The third-order valence-corrected chi connectivity index (χ3v) is 3.98. The number of amides is 2. The first-order valence-corrected chi connectivity index (χ1v) is 6.07. The maximum Gasteiger partial charge on any atom is 0.247 e. The van der Waals surface area contributed by atoms with E-state index in [-0.39, 0.29) is 30.0 Å². The lowest BCUT2D eigenvalue weighted by molar-refractivity contribution is -0.160. The van der Waals surface area contributed by atoms with Crippen LogP contribution in [0.4, 0.5) is 0 Å². The fourth-order valence-corrected chi connectivity index (χ4v) is 3.02. The molecule has 94 valence electrons. The number of piperazine rings is 2. The molecule has 6 nitrogen and oxygen atoms in total. The number of nitrogens with one attached hydrogen (secondary N) is 1. The Morgan fingerprint density at radius 1 is 1.24 bits per heavy atom. The predicted molar refractivity (Wildman–Crippen MR) is 59.3 cm³/mol. The third-order valence-electron chi connectivity index (χ3n) is 3.98. The number of fused-ring (bicyclic) bond motifs is 2. The molecule has 0 unspecified atom stereocenters. The van der Waals surface area contributed by atoms with Crippen molar-refractivity contribution in [2.75, 3.05) is 33.3 Å². The summed E-state index contributed by atoms with van der Waals surface area (Å²) < 4.78 is 5.27. The van der Waals surface area contributed by atoms with Crippen LogP contribution in [0.5, 0.6) is 0 Å². The highest BCUT2D eigenvalue weighted by Gasteiger charge is 2.50. The first-order chi connectivity index (χ1) is 8.22. The topological polar surface area (TPSA) is 61.9 Å². The van der Waals surface area contributed by atoms with E-state index in [4.69, 9.17) is 4.74 Å². The molecule has 0 aliphatic carbocycles. The van der Waals surface area contributed by atoms with Crippen LogP contribution in [-0.2, 0) is 14.3 Å². The zero-order valence-electron chi connectivity index (χ0n) is 9.89. The normalized spacial score (nSPS) is 37.1. The van der Waals surface area contributed by atoms with E-state index in [0.717, 1.165) is 6.54 Å². The lowest BCUT2D eigenvalue weighted by Gasteiger charge is -2.44. The lowest BCUT2D eigenvalue weighted by Crippen LogP contribution is -2.68. The SMILES string of the molecule is CO[C@@H]1C[C@H]2C(=O)N3CCNC[C@H]3C(=O)N2C1. The minimum absolute atomic E-state index is 0.00205. The summed E-state index contributed by atoms with van der Waals surface area (Å²) in [6.45, 7) is 2.54. The van der Waals surface area contributed by atoms with Crippen molar-refractivity contribution in [1.82, 2.24) is 15.1 Å². The van der Waals surface area contributed by atoms with Gasteiger partial charge in [0, 0.05) is 39.7 Å². The summed E-state index contributed by atoms with van der Waals surface area (Å²) in [5.74, 6) is 0.164. The Morgan fingerprint density at radius 3 is 2.76 bits per heavy atom. The Balaban J connectivity index is 1.87. The van der Waals surface area contributed by atoms with E-state index in [1.165, 1.54) is 0 Å². The first kappa shape index (κ1) is 11.0. The van der Waals surface area contributed by atoms with Gasteiger partial charge in [0.05, 0.1) is 6.10 Å². The van der Waals surface area contributed by atoms with Crippen LogP contribution in [0.2, 0.25) is 0 Å². The van der Waals surface area contributed by atoms with Gasteiger partial charge in [-0.15, -0.1) is 0 Å². The molecule has 2 amide bonds. The summed E-state index contributed by atoms with van der Waals surface area (Å²) in [6, 6.07) is -0.593. The number of rotatable bonds is 1.